The standard InChI is InChI=1S/C21H27N/c1-16(2)17-8-10-18(11-9-17)19-12-14-21(15-13-19)22-20-6-4-3-5-7-20/h3-7,12-18,22H,8-11H2,1-2H3. The van der Waals surface area contributed by atoms with Gasteiger partial charge in [-0.25, -0.2) is 0 Å². The molecular weight excluding hydrogens is 266 g/mol. The predicted molar refractivity (Wildman–Crippen MR) is 95.7 cm³/mol. The molecule has 0 spiro atoms. The van der Waals surface area contributed by atoms with E-state index < -0.39 is 0 Å². The van der Waals surface area contributed by atoms with Gasteiger partial charge in [0.15, 0.2) is 0 Å². The molecule has 0 unspecified atom stereocenters. The molecule has 2 aromatic carbocycles. The molecule has 0 radical (unpaired) electrons. The largest absolute Gasteiger partial charge is 0.356 e. The van der Waals surface area contributed by atoms with Gasteiger partial charge in [0.1, 0.15) is 0 Å². The average molecular weight is 293 g/mol. The van der Waals surface area contributed by atoms with E-state index in [1.165, 1.54) is 36.9 Å². The molecule has 1 nitrogen and oxygen atoms in total. The Morgan fingerprint density at radius 1 is 0.773 bits per heavy atom. The summed E-state index contributed by atoms with van der Waals surface area (Å²) >= 11 is 0. The van der Waals surface area contributed by atoms with E-state index in [0.29, 0.717) is 0 Å². The molecule has 0 aromatic heterocycles. The third-order valence-corrected chi connectivity index (χ3v) is 5.16. The number of anilines is 2. The highest BCUT2D eigenvalue weighted by molar-refractivity contribution is 5.59. The van der Waals surface area contributed by atoms with Crippen LogP contribution in [-0.4, -0.2) is 0 Å². The Labute approximate surface area is 134 Å². The van der Waals surface area contributed by atoms with Crippen LogP contribution in [0.2, 0.25) is 0 Å². The Morgan fingerprint density at radius 3 is 1.95 bits per heavy atom. The molecule has 1 fully saturated rings. The van der Waals surface area contributed by atoms with Crippen LogP contribution in [0.1, 0.15) is 51.0 Å². The van der Waals surface area contributed by atoms with Gasteiger partial charge in [-0.1, -0.05) is 44.2 Å². The van der Waals surface area contributed by atoms with E-state index >= 15 is 0 Å². The van der Waals surface area contributed by atoms with E-state index in [-0.39, 0.29) is 0 Å². The third-order valence-electron chi connectivity index (χ3n) is 5.16. The van der Waals surface area contributed by atoms with Crippen molar-refractivity contribution in [3.05, 3.63) is 60.2 Å². The van der Waals surface area contributed by atoms with Gasteiger partial charge in [-0.05, 0) is 73.3 Å². The van der Waals surface area contributed by atoms with Gasteiger partial charge in [0.25, 0.3) is 0 Å². The SMILES string of the molecule is CC(C)C1CCC(c2ccc(Nc3ccccc3)cc2)CC1. The zero-order valence-corrected chi connectivity index (χ0v) is 13.8. The van der Waals surface area contributed by atoms with Gasteiger partial charge in [-0.2, -0.15) is 0 Å². The molecule has 0 atom stereocenters. The zero-order valence-electron chi connectivity index (χ0n) is 13.8. The Morgan fingerprint density at radius 2 is 1.36 bits per heavy atom. The van der Waals surface area contributed by atoms with Gasteiger partial charge >= 0.3 is 0 Å². The lowest BCUT2D eigenvalue weighted by Gasteiger charge is -2.31. The van der Waals surface area contributed by atoms with Crippen LogP contribution >= 0.6 is 0 Å². The van der Waals surface area contributed by atoms with E-state index in [1.54, 1.807) is 0 Å². The lowest BCUT2D eigenvalue weighted by Crippen LogP contribution is -2.17. The number of rotatable bonds is 4. The summed E-state index contributed by atoms with van der Waals surface area (Å²) in [5.74, 6) is 2.55. The van der Waals surface area contributed by atoms with Crippen molar-refractivity contribution in [1.82, 2.24) is 0 Å². The fourth-order valence-electron chi connectivity index (χ4n) is 3.65. The molecule has 0 heterocycles. The first-order valence-corrected chi connectivity index (χ1v) is 8.64. The normalized spacial score (nSPS) is 21.8. The highest BCUT2D eigenvalue weighted by Crippen LogP contribution is 2.38. The summed E-state index contributed by atoms with van der Waals surface area (Å²) in [6.07, 6.45) is 5.50. The summed E-state index contributed by atoms with van der Waals surface area (Å²) in [6, 6.07) is 19.4. The summed E-state index contributed by atoms with van der Waals surface area (Å²) in [5, 5.41) is 3.46. The van der Waals surface area contributed by atoms with Crippen molar-refractivity contribution in [3.8, 4) is 0 Å². The highest BCUT2D eigenvalue weighted by Gasteiger charge is 2.23. The number of hydrogen-bond donors (Lipinski definition) is 1. The summed E-state index contributed by atoms with van der Waals surface area (Å²) in [7, 11) is 0. The summed E-state index contributed by atoms with van der Waals surface area (Å²) in [5.41, 5.74) is 3.83. The first kappa shape index (κ1) is 15.1. The highest BCUT2D eigenvalue weighted by atomic mass is 14.9. The van der Waals surface area contributed by atoms with Crippen LogP contribution in [0.4, 0.5) is 11.4 Å². The molecule has 0 aliphatic heterocycles. The van der Waals surface area contributed by atoms with Gasteiger partial charge < -0.3 is 5.32 Å². The van der Waals surface area contributed by atoms with Crippen LogP contribution in [0.5, 0.6) is 0 Å². The minimum atomic E-state index is 0.765. The average Bonchev–Trinajstić information content (AvgIpc) is 2.57. The Hall–Kier alpha value is -1.76. The lowest BCUT2D eigenvalue weighted by atomic mass is 9.75. The van der Waals surface area contributed by atoms with Crippen LogP contribution in [0.15, 0.2) is 54.6 Å². The maximum atomic E-state index is 3.46. The Kier molecular flexibility index (Phi) is 4.82. The van der Waals surface area contributed by atoms with Gasteiger partial charge in [-0.15, -0.1) is 0 Å². The van der Waals surface area contributed by atoms with E-state index in [0.717, 1.165) is 23.4 Å². The quantitative estimate of drug-likeness (QED) is 0.691. The smallest absolute Gasteiger partial charge is 0.0384 e. The molecule has 1 aliphatic carbocycles. The number of nitrogens with one attached hydrogen (secondary N) is 1. The lowest BCUT2D eigenvalue weighted by molar-refractivity contribution is 0.259. The zero-order chi connectivity index (χ0) is 15.4. The van der Waals surface area contributed by atoms with Crippen LogP contribution in [0.25, 0.3) is 0 Å². The summed E-state index contributed by atoms with van der Waals surface area (Å²) in [4.78, 5) is 0. The van der Waals surface area contributed by atoms with Gasteiger partial charge in [-0.3, -0.25) is 0 Å². The second kappa shape index (κ2) is 7.00. The third kappa shape index (κ3) is 3.71. The predicted octanol–water partition coefficient (Wildman–Crippen LogP) is 6.36. The summed E-state index contributed by atoms with van der Waals surface area (Å²) < 4.78 is 0. The molecule has 116 valence electrons. The van der Waals surface area contributed by atoms with Crippen molar-refractivity contribution >= 4 is 11.4 Å². The second-order valence-corrected chi connectivity index (χ2v) is 6.97. The van der Waals surface area contributed by atoms with Crippen molar-refractivity contribution in [3.63, 3.8) is 0 Å². The molecular formula is C21H27N. The van der Waals surface area contributed by atoms with Crippen LogP contribution in [0, 0.1) is 11.8 Å². The number of hydrogen-bond acceptors (Lipinski definition) is 1. The molecule has 1 N–H and O–H groups in total. The first-order valence-electron chi connectivity index (χ1n) is 8.64. The van der Waals surface area contributed by atoms with Crippen molar-refractivity contribution in [1.29, 1.82) is 0 Å². The minimum Gasteiger partial charge on any atom is -0.356 e. The second-order valence-electron chi connectivity index (χ2n) is 6.97. The van der Waals surface area contributed by atoms with Crippen LogP contribution in [0.3, 0.4) is 0 Å². The maximum Gasteiger partial charge on any atom is 0.0384 e. The number of para-hydroxylation sites is 1. The number of benzene rings is 2. The van der Waals surface area contributed by atoms with Crippen LogP contribution in [-0.2, 0) is 0 Å². The Balaban J connectivity index is 1.60. The molecule has 1 aliphatic rings. The van der Waals surface area contributed by atoms with Crippen molar-refractivity contribution < 1.29 is 0 Å². The fourth-order valence-corrected chi connectivity index (χ4v) is 3.65. The monoisotopic (exact) mass is 293 g/mol. The fraction of sp³-hybridized carbons (Fsp3) is 0.429. The molecule has 0 saturated heterocycles. The van der Waals surface area contributed by atoms with Crippen LogP contribution < -0.4 is 5.32 Å². The van der Waals surface area contributed by atoms with E-state index in [2.05, 4.69) is 67.7 Å². The van der Waals surface area contributed by atoms with Crippen molar-refractivity contribution in [2.24, 2.45) is 11.8 Å². The first-order chi connectivity index (χ1) is 10.7. The van der Waals surface area contributed by atoms with E-state index in [9.17, 15) is 0 Å². The van der Waals surface area contributed by atoms with E-state index in [1.807, 2.05) is 6.07 Å². The Bertz CT molecular complexity index is 563. The van der Waals surface area contributed by atoms with Gasteiger partial charge in [0.2, 0.25) is 0 Å². The summed E-state index contributed by atoms with van der Waals surface area (Å²) in [6.45, 7) is 4.74. The molecule has 2 aromatic rings. The molecule has 0 bridgehead atoms. The molecule has 22 heavy (non-hydrogen) atoms. The maximum absolute atomic E-state index is 3.46. The van der Waals surface area contributed by atoms with Crippen molar-refractivity contribution in [2.75, 3.05) is 5.32 Å². The van der Waals surface area contributed by atoms with Gasteiger partial charge in [0, 0.05) is 11.4 Å². The minimum absolute atomic E-state index is 0.765. The van der Waals surface area contributed by atoms with Crippen molar-refractivity contribution in [2.45, 2.75) is 45.4 Å². The molecule has 3 rings (SSSR count). The molecule has 1 heteroatoms. The molecule has 0 amide bonds. The molecule has 1 saturated carbocycles. The van der Waals surface area contributed by atoms with E-state index in [4.69, 9.17) is 0 Å². The topological polar surface area (TPSA) is 12.0 Å². The van der Waals surface area contributed by atoms with Gasteiger partial charge in [0.05, 0.1) is 0 Å².